The molecule has 1 saturated carbocycles. The largest absolute Gasteiger partial charge is 0.483 e. The molecule has 3 nitrogen and oxygen atoms in total. The molecule has 1 amide bonds. The standard InChI is InChI=1S/C16H21BrFNO2/c1-10-4-3-5-14(11(10)2)19-16(20)9-21-15-7-6-12(18)8-13(15)17/h6-8,10-11,14H,3-5,9H2,1-2H3,(H,19,20). The van der Waals surface area contributed by atoms with Gasteiger partial charge in [-0.05, 0) is 52.4 Å². The maximum Gasteiger partial charge on any atom is 0.258 e. The number of hydrogen-bond donors (Lipinski definition) is 1. The Morgan fingerprint density at radius 2 is 2.19 bits per heavy atom. The van der Waals surface area contributed by atoms with Crippen molar-refractivity contribution in [1.82, 2.24) is 5.32 Å². The SMILES string of the molecule is CC1CCCC(NC(=O)COc2ccc(F)cc2Br)C1C. The lowest BCUT2D eigenvalue weighted by Crippen LogP contribution is -2.45. The summed E-state index contributed by atoms with van der Waals surface area (Å²) in [6, 6.07) is 4.36. The third kappa shape index (κ3) is 4.43. The van der Waals surface area contributed by atoms with Gasteiger partial charge in [-0.25, -0.2) is 4.39 Å². The molecule has 0 saturated heterocycles. The number of benzene rings is 1. The Morgan fingerprint density at radius 1 is 1.43 bits per heavy atom. The van der Waals surface area contributed by atoms with Crippen LogP contribution in [0.2, 0.25) is 0 Å². The van der Waals surface area contributed by atoms with Crippen molar-refractivity contribution in [2.75, 3.05) is 6.61 Å². The number of carbonyl (C=O) groups excluding carboxylic acids is 1. The first-order valence-corrected chi connectivity index (χ1v) is 8.14. The zero-order valence-electron chi connectivity index (χ0n) is 12.4. The highest BCUT2D eigenvalue weighted by Crippen LogP contribution is 2.29. The molecule has 2 rings (SSSR count). The Bertz CT molecular complexity index is 509. The molecule has 1 aliphatic rings. The highest BCUT2D eigenvalue weighted by molar-refractivity contribution is 9.10. The summed E-state index contributed by atoms with van der Waals surface area (Å²) in [5.41, 5.74) is 0. The first-order chi connectivity index (χ1) is 9.97. The van der Waals surface area contributed by atoms with E-state index in [4.69, 9.17) is 4.74 Å². The monoisotopic (exact) mass is 357 g/mol. The Morgan fingerprint density at radius 3 is 2.90 bits per heavy atom. The molecule has 0 heterocycles. The van der Waals surface area contributed by atoms with E-state index in [-0.39, 0.29) is 24.4 Å². The normalized spacial score (nSPS) is 25.4. The van der Waals surface area contributed by atoms with E-state index in [1.54, 1.807) is 0 Å². The second-order valence-electron chi connectivity index (χ2n) is 5.80. The minimum Gasteiger partial charge on any atom is -0.483 e. The smallest absolute Gasteiger partial charge is 0.258 e. The van der Waals surface area contributed by atoms with E-state index in [0.29, 0.717) is 22.1 Å². The van der Waals surface area contributed by atoms with Crippen molar-refractivity contribution in [2.24, 2.45) is 11.8 Å². The minimum absolute atomic E-state index is 0.0537. The Labute approximate surface area is 133 Å². The van der Waals surface area contributed by atoms with Crippen molar-refractivity contribution in [1.29, 1.82) is 0 Å². The number of rotatable bonds is 4. The van der Waals surface area contributed by atoms with Gasteiger partial charge < -0.3 is 10.1 Å². The van der Waals surface area contributed by atoms with Crippen molar-refractivity contribution >= 4 is 21.8 Å². The Hall–Kier alpha value is -1.10. The predicted molar refractivity (Wildman–Crippen MR) is 83.7 cm³/mol. The highest BCUT2D eigenvalue weighted by atomic mass is 79.9. The van der Waals surface area contributed by atoms with Crippen molar-refractivity contribution in [3.05, 3.63) is 28.5 Å². The van der Waals surface area contributed by atoms with Crippen molar-refractivity contribution in [3.63, 3.8) is 0 Å². The fraction of sp³-hybridized carbons (Fsp3) is 0.562. The molecule has 0 aliphatic heterocycles. The number of halogens is 2. The molecule has 21 heavy (non-hydrogen) atoms. The summed E-state index contributed by atoms with van der Waals surface area (Å²) >= 11 is 3.22. The van der Waals surface area contributed by atoms with Crippen LogP contribution in [0.5, 0.6) is 5.75 Å². The summed E-state index contributed by atoms with van der Waals surface area (Å²) in [4.78, 5) is 12.0. The van der Waals surface area contributed by atoms with Gasteiger partial charge in [0.25, 0.3) is 5.91 Å². The van der Waals surface area contributed by atoms with E-state index in [1.807, 2.05) is 0 Å². The van der Waals surface area contributed by atoms with Crippen LogP contribution in [0, 0.1) is 17.7 Å². The van der Waals surface area contributed by atoms with Gasteiger partial charge in [-0.15, -0.1) is 0 Å². The second-order valence-corrected chi connectivity index (χ2v) is 6.66. The maximum absolute atomic E-state index is 13.0. The molecule has 0 radical (unpaired) electrons. The summed E-state index contributed by atoms with van der Waals surface area (Å²) in [5.74, 6) is 1.12. The minimum atomic E-state index is -0.344. The van der Waals surface area contributed by atoms with E-state index >= 15 is 0 Å². The molecular formula is C16H21BrFNO2. The maximum atomic E-state index is 13.0. The van der Waals surface area contributed by atoms with Crippen LogP contribution in [0.25, 0.3) is 0 Å². The first kappa shape index (κ1) is 16.3. The lowest BCUT2D eigenvalue weighted by Gasteiger charge is -2.34. The Kier molecular flexibility index (Phi) is 5.62. The van der Waals surface area contributed by atoms with Crippen LogP contribution in [-0.2, 0) is 4.79 Å². The number of nitrogens with one attached hydrogen (secondary N) is 1. The van der Waals surface area contributed by atoms with Gasteiger partial charge in [-0.1, -0.05) is 26.7 Å². The van der Waals surface area contributed by atoms with Crippen molar-refractivity contribution in [3.8, 4) is 5.75 Å². The lowest BCUT2D eigenvalue weighted by atomic mass is 9.78. The second kappa shape index (κ2) is 7.25. The molecular weight excluding hydrogens is 337 g/mol. The summed E-state index contributed by atoms with van der Waals surface area (Å²) in [5, 5.41) is 3.05. The van der Waals surface area contributed by atoms with Gasteiger partial charge in [-0.3, -0.25) is 4.79 Å². The van der Waals surface area contributed by atoms with Gasteiger partial charge in [0.05, 0.1) is 4.47 Å². The average molecular weight is 358 g/mol. The molecule has 0 bridgehead atoms. The summed E-state index contributed by atoms with van der Waals surface area (Å²) in [6.07, 6.45) is 3.41. The molecule has 0 aromatic heterocycles. The van der Waals surface area contributed by atoms with Gasteiger partial charge in [-0.2, -0.15) is 0 Å². The zero-order valence-corrected chi connectivity index (χ0v) is 14.0. The van der Waals surface area contributed by atoms with Gasteiger partial charge >= 0.3 is 0 Å². The lowest BCUT2D eigenvalue weighted by molar-refractivity contribution is -0.124. The van der Waals surface area contributed by atoms with E-state index in [9.17, 15) is 9.18 Å². The summed E-state index contributed by atoms with van der Waals surface area (Å²) in [7, 11) is 0. The predicted octanol–water partition coefficient (Wildman–Crippen LogP) is 3.91. The van der Waals surface area contributed by atoms with Crippen molar-refractivity contribution < 1.29 is 13.9 Å². The number of carbonyl (C=O) groups is 1. The molecule has 116 valence electrons. The van der Waals surface area contributed by atoms with Crippen molar-refractivity contribution in [2.45, 2.75) is 39.2 Å². The molecule has 5 heteroatoms. The fourth-order valence-electron chi connectivity index (χ4n) is 2.77. The van der Waals surface area contributed by atoms with Crippen LogP contribution in [0.1, 0.15) is 33.1 Å². The average Bonchev–Trinajstić information content (AvgIpc) is 2.43. The van der Waals surface area contributed by atoms with Gasteiger partial charge in [0, 0.05) is 6.04 Å². The van der Waals surface area contributed by atoms with Crippen LogP contribution in [-0.4, -0.2) is 18.6 Å². The number of ether oxygens (including phenoxy) is 1. The van der Waals surface area contributed by atoms with Gasteiger partial charge in [0.15, 0.2) is 6.61 Å². The third-order valence-electron chi connectivity index (χ3n) is 4.31. The number of amides is 1. The highest BCUT2D eigenvalue weighted by Gasteiger charge is 2.28. The molecule has 1 aromatic carbocycles. The molecule has 1 aliphatic carbocycles. The van der Waals surface area contributed by atoms with E-state index in [1.165, 1.54) is 24.6 Å². The van der Waals surface area contributed by atoms with Gasteiger partial charge in [0.2, 0.25) is 0 Å². The quantitative estimate of drug-likeness (QED) is 0.886. The van der Waals surface area contributed by atoms with Crippen LogP contribution in [0.3, 0.4) is 0 Å². The van der Waals surface area contributed by atoms with E-state index in [0.717, 1.165) is 12.8 Å². The Balaban J connectivity index is 1.84. The van der Waals surface area contributed by atoms with E-state index < -0.39 is 0 Å². The number of hydrogen-bond acceptors (Lipinski definition) is 2. The zero-order chi connectivity index (χ0) is 15.4. The molecule has 1 fully saturated rings. The third-order valence-corrected chi connectivity index (χ3v) is 4.93. The molecule has 1 aromatic rings. The van der Waals surface area contributed by atoms with E-state index in [2.05, 4.69) is 35.1 Å². The summed E-state index contributed by atoms with van der Waals surface area (Å²) in [6.45, 7) is 4.36. The van der Waals surface area contributed by atoms with Crippen LogP contribution >= 0.6 is 15.9 Å². The topological polar surface area (TPSA) is 38.3 Å². The molecule has 3 unspecified atom stereocenters. The van der Waals surface area contributed by atoms with Crippen LogP contribution < -0.4 is 10.1 Å². The molecule has 0 spiro atoms. The molecule has 3 atom stereocenters. The van der Waals surface area contributed by atoms with Crippen LogP contribution in [0.15, 0.2) is 22.7 Å². The van der Waals surface area contributed by atoms with Crippen LogP contribution in [0.4, 0.5) is 4.39 Å². The fourth-order valence-corrected chi connectivity index (χ4v) is 3.24. The van der Waals surface area contributed by atoms with Gasteiger partial charge in [0.1, 0.15) is 11.6 Å². The first-order valence-electron chi connectivity index (χ1n) is 7.34. The molecule has 1 N–H and O–H groups in total. The summed E-state index contributed by atoms with van der Waals surface area (Å²) < 4.78 is 18.9.